The quantitative estimate of drug-likeness (QED) is 0.785. The summed E-state index contributed by atoms with van der Waals surface area (Å²) in [5.41, 5.74) is 2.41. The largest absolute Gasteiger partial charge is 0.360 e. The van der Waals surface area contributed by atoms with E-state index in [0.29, 0.717) is 12.0 Å². The molecule has 1 aromatic rings. The van der Waals surface area contributed by atoms with E-state index < -0.39 is 0 Å². The predicted octanol–water partition coefficient (Wildman–Crippen LogP) is 3.26. The lowest BCUT2D eigenvalue weighted by Gasteiger charge is -2.12. The molecule has 2 N–H and O–H groups in total. The van der Waals surface area contributed by atoms with E-state index in [1.807, 2.05) is 6.07 Å². The summed E-state index contributed by atoms with van der Waals surface area (Å²) in [6.07, 6.45) is 2.49. The van der Waals surface area contributed by atoms with Gasteiger partial charge in [0.25, 0.3) is 0 Å². The lowest BCUT2D eigenvalue weighted by Crippen LogP contribution is -2.30. The number of rotatable bonds is 3. The van der Waals surface area contributed by atoms with Gasteiger partial charge in [0.1, 0.15) is 0 Å². The standard InChI is InChI=1S/C13H18N2S/c1-9(2)10-4-3-5-12(8-10)15-13(16)14-11-6-7-11/h3-5,8-9,11H,6-7H2,1-2H3,(H2,14,15,16). The lowest BCUT2D eigenvalue weighted by molar-refractivity contribution is 0.867. The summed E-state index contributed by atoms with van der Waals surface area (Å²) in [4.78, 5) is 0. The van der Waals surface area contributed by atoms with E-state index in [4.69, 9.17) is 12.2 Å². The molecule has 0 heterocycles. The molecule has 0 radical (unpaired) electrons. The Bertz CT molecular complexity index is 383. The fraction of sp³-hybridized carbons (Fsp3) is 0.462. The Morgan fingerprint density at radius 1 is 1.38 bits per heavy atom. The zero-order chi connectivity index (χ0) is 11.5. The number of anilines is 1. The van der Waals surface area contributed by atoms with Crippen LogP contribution in [0.25, 0.3) is 0 Å². The molecule has 0 saturated heterocycles. The average Bonchev–Trinajstić information content (AvgIpc) is 3.01. The Morgan fingerprint density at radius 2 is 2.12 bits per heavy atom. The van der Waals surface area contributed by atoms with Gasteiger partial charge in [-0.1, -0.05) is 26.0 Å². The second-order valence-electron chi connectivity index (χ2n) is 4.65. The molecule has 3 heteroatoms. The molecule has 0 spiro atoms. The zero-order valence-electron chi connectivity index (χ0n) is 9.79. The summed E-state index contributed by atoms with van der Waals surface area (Å²) in [6.45, 7) is 4.39. The molecule has 1 fully saturated rings. The van der Waals surface area contributed by atoms with Gasteiger partial charge in [0.2, 0.25) is 0 Å². The summed E-state index contributed by atoms with van der Waals surface area (Å²) >= 11 is 5.24. The maximum absolute atomic E-state index is 5.24. The molecule has 0 aliphatic heterocycles. The van der Waals surface area contributed by atoms with Gasteiger partial charge >= 0.3 is 0 Å². The second kappa shape index (κ2) is 4.83. The van der Waals surface area contributed by atoms with Gasteiger partial charge in [-0.25, -0.2) is 0 Å². The third kappa shape index (κ3) is 3.20. The lowest BCUT2D eigenvalue weighted by atomic mass is 10.0. The zero-order valence-corrected chi connectivity index (χ0v) is 10.6. The van der Waals surface area contributed by atoms with Gasteiger partial charge in [-0.15, -0.1) is 0 Å². The van der Waals surface area contributed by atoms with E-state index in [1.54, 1.807) is 0 Å². The van der Waals surface area contributed by atoms with E-state index in [0.717, 1.165) is 10.8 Å². The first-order valence-corrected chi connectivity index (χ1v) is 6.23. The van der Waals surface area contributed by atoms with Crippen molar-refractivity contribution in [1.29, 1.82) is 0 Å². The molecule has 1 aromatic carbocycles. The summed E-state index contributed by atoms with van der Waals surface area (Å²) in [7, 11) is 0. The van der Waals surface area contributed by atoms with Crippen LogP contribution in [0.15, 0.2) is 24.3 Å². The van der Waals surface area contributed by atoms with Gasteiger partial charge in [-0.3, -0.25) is 0 Å². The summed E-state index contributed by atoms with van der Waals surface area (Å²) < 4.78 is 0. The van der Waals surface area contributed by atoms with Gasteiger partial charge in [0, 0.05) is 11.7 Å². The molecule has 2 nitrogen and oxygen atoms in total. The number of benzene rings is 1. The van der Waals surface area contributed by atoms with Crippen LogP contribution in [0.2, 0.25) is 0 Å². The monoisotopic (exact) mass is 234 g/mol. The maximum Gasteiger partial charge on any atom is 0.170 e. The third-order valence-corrected chi connectivity index (χ3v) is 2.94. The number of nitrogens with one attached hydrogen (secondary N) is 2. The predicted molar refractivity (Wildman–Crippen MR) is 72.9 cm³/mol. The van der Waals surface area contributed by atoms with Gasteiger partial charge in [0.05, 0.1) is 0 Å². The van der Waals surface area contributed by atoms with Crippen LogP contribution < -0.4 is 10.6 Å². The Balaban J connectivity index is 1.97. The Hall–Kier alpha value is -1.09. The van der Waals surface area contributed by atoms with Crippen LogP contribution in [0.1, 0.15) is 38.2 Å². The highest BCUT2D eigenvalue weighted by atomic mass is 32.1. The fourth-order valence-electron chi connectivity index (χ4n) is 1.56. The number of hydrogen-bond donors (Lipinski definition) is 2. The Morgan fingerprint density at radius 3 is 2.75 bits per heavy atom. The number of hydrogen-bond acceptors (Lipinski definition) is 1. The van der Waals surface area contributed by atoms with Crippen molar-refractivity contribution in [3.63, 3.8) is 0 Å². The summed E-state index contributed by atoms with van der Waals surface area (Å²) in [5, 5.41) is 7.24. The molecule has 0 amide bonds. The highest BCUT2D eigenvalue weighted by Crippen LogP contribution is 2.20. The molecule has 1 aliphatic rings. The van der Waals surface area contributed by atoms with Crippen LogP contribution in [-0.4, -0.2) is 11.2 Å². The molecular formula is C13H18N2S. The summed E-state index contributed by atoms with van der Waals surface area (Å²) in [5.74, 6) is 0.548. The average molecular weight is 234 g/mol. The molecule has 86 valence electrons. The van der Waals surface area contributed by atoms with E-state index in [1.165, 1.54) is 18.4 Å². The van der Waals surface area contributed by atoms with Crippen LogP contribution in [0.3, 0.4) is 0 Å². The van der Waals surface area contributed by atoms with Crippen molar-refractivity contribution in [2.45, 2.75) is 38.6 Å². The topological polar surface area (TPSA) is 24.1 Å². The van der Waals surface area contributed by atoms with Crippen LogP contribution in [0, 0.1) is 0 Å². The van der Waals surface area contributed by atoms with Crippen LogP contribution in [0.4, 0.5) is 5.69 Å². The van der Waals surface area contributed by atoms with Crippen LogP contribution >= 0.6 is 12.2 Å². The van der Waals surface area contributed by atoms with Crippen LogP contribution in [-0.2, 0) is 0 Å². The normalized spacial score (nSPS) is 14.9. The van der Waals surface area contributed by atoms with Crippen molar-refractivity contribution in [3.05, 3.63) is 29.8 Å². The molecule has 1 saturated carbocycles. The Labute approximate surface area is 102 Å². The van der Waals surface area contributed by atoms with Crippen molar-refractivity contribution in [2.24, 2.45) is 0 Å². The molecule has 1 aliphatic carbocycles. The molecule has 0 unspecified atom stereocenters. The van der Waals surface area contributed by atoms with Gasteiger partial charge in [-0.05, 0) is 48.7 Å². The highest BCUT2D eigenvalue weighted by Gasteiger charge is 2.21. The van der Waals surface area contributed by atoms with Crippen molar-refractivity contribution in [3.8, 4) is 0 Å². The van der Waals surface area contributed by atoms with Gasteiger partial charge in [0.15, 0.2) is 5.11 Å². The molecule has 0 atom stereocenters. The first-order chi connectivity index (χ1) is 7.65. The van der Waals surface area contributed by atoms with Crippen molar-refractivity contribution < 1.29 is 0 Å². The molecule has 2 rings (SSSR count). The fourth-order valence-corrected chi connectivity index (χ4v) is 1.84. The molecular weight excluding hydrogens is 216 g/mol. The minimum absolute atomic E-state index is 0.548. The summed E-state index contributed by atoms with van der Waals surface area (Å²) in [6, 6.07) is 9.02. The van der Waals surface area contributed by atoms with E-state index in [2.05, 4.69) is 42.7 Å². The Kier molecular flexibility index (Phi) is 3.44. The number of thiocarbonyl (C=S) groups is 1. The highest BCUT2D eigenvalue weighted by molar-refractivity contribution is 7.80. The first kappa shape index (κ1) is 11.4. The van der Waals surface area contributed by atoms with Gasteiger partial charge in [-0.2, -0.15) is 0 Å². The minimum atomic E-state index is 0.548. The van der Waals surface area contributed by atoms with E-state index >= 15 is 0 Å². The molecule has 0 aromatic heterocycles. The minimum Gasteiger partial charge on any atom is -0.360 e. The molecule has 16 heavy (non-hydrogen) atoms. The van der Waals surface area contributed by atoms with E-state index in [-0.39, 0.29) is 0 Å². The smallest absolute Gasteiger partial charge is 0.170 e. The SMILES string of the molecule is CC(C)c1cccc(NC(=S)NC2CC2)c1. The second-order valence-corrected chi connectivity index (χ2v) is 5.06. The van der Waals surface area contributed by atoms with Crippen molar-refractivity contribution in [2.75, 3.05) is 5.32 Å². The van der Waals surface area contributed by atoms with Gasteiger partial charge < -0.3 is 10.6 Å². The maximum atomic E-state index is 5.24. The van der Waals surface area contributed by atoms with Crippen molar-refractivity contribution in [1.82, 2.24) is 5.32 Å². The van der Waals surface area contributed by atoms with Crippen LogP contribution in [0.5, 0.6) is 0 Å². The molecule has 0 bridgehead atoms. The van der Waals surface area contributed by atoms with E-state index in [9.17, 15) is 0 Å². The van der Waals surface area contributed by atoms with Crippen molar-refractivity contribution >= 4 is 23.0 Å². The third-order valence-electron chi connectivity index (χ3n) is 2.72. The first-order valence-electron chi connectivity index (χ1n) is 5.82.